The lowest BCUT2D eigenvalue weighted by molar-refractivity contribution is 0.150. The average molecular weight is 305 g/mol. The summed E-state index contributed by atoms with van der Waals surface area (Å²) >= 11 is 0. The zero-order valence-electron chi connectivity index (χ0n) is 12.4. The molecule has 1 aromatic rings. The second-order valence-corrected chi connectivity index (χ2v) is 8.28. The second kappa shape index (κ2) is 5.77. The van der Waals surface area contributed by atoms with E-state index in [9.17, 15) is 17.2 Å². The first-order valence-corrected chi connectivity index (χ1v) is 7.85. The first-order valence-electron chi connectivity index (χ1n) is 6.37. The molecule has 0 spiro atoms. The van der Waals surface area contributed by atoms with E-state index >= 15 is 0 Å². The average Bonchev–Trinajstić information content (AvgIpc) is 2.26. The monoisotopic (exact) mass is 305 g/mol. The van der Waals surface area contributed by atoms with Gasteiger partial charge in [0, 0.05) is 11.6 Å². The number of benzene rings is 1. The third kappa shape index (κ3) is 3.55. The summed E-state index contributed by atoms with van der Waals surface area (Å²) in [6.45, 7) is 8.00. The minimum atomic E-state index is -3.53. The first kappa shape index (κ1) is 17.0. The van der Waals surface area contributed by atoms with Crippen molar-refractivity contribution in [2.75, 3.05) is 0 Å². The molecular formula is C14H21F2NO2S. The number of halogens is 2. The smallest absolute Gasteiger partial charge is 0.212 e. The zero-order chi connectivity index (χ0) is 15.7. The van der Waals surface area contributed by atoms with Crippen molar-refractivity contribution in [3.8, 4) is 0 Å². The Kier molecular flexibility index (Phi) is 4.92. The molecule has 0 bridgehead atoms. The van der Waals surface area contributed by atoms with Gasteiger partial charge in [-0.15, -0.1) is 0 Å². The summed E-state index contributed by atoms with van der Waals surface area (Å²) in [6, 6.07) is 3.98. The summed E-state index contributed by atoms with van der Waals surface area (Å²) in [6.07, 6.45) is -2.57. The Morgan fingerprint density at radius 1 is 1.15 bits per heavy atom. The molecule has 1 rings (SSSR count). The molecule has 0 aromatic heterocycles. The highest BCUT2D eigenvalue weighted by atomic mass is 32.2. The van der Waals surface area contributed by atoms with Gasteiger partial charge in [-0.1, -0.05) is 18.2 Å². The minimum Gasteiger partial charge on any atom is -0.212 e. The molecule has 0 aliphatic rings. The summed E-state index contributed by atoms with van der Waals surface area (Å²) in [4.78, 5) is 0. The van der Waals surface area contributed by atoms with Crippen LogP contribution in [-0.2, 0) is 10.0 Å². The number of rotatable bonds is 4. The van der Waals surface area contributed by atoms with E-state index in [1.165, 1.54) is 12.1 Å². The van der Waals surface area contributed by atoms with Gasteiger partial charge in [0.05, 0.1) is 4.75 Å². The maximum absolute atomic E-state index is 12.9. The highest BCUT2D eigenvalue weighted by molar-refractivity contribution is 7.90. The van der Waals surface area contributed by atoms with E-state index in [1.807, 2.05) is 0 Å². The summed E-state index contributed by atoms with van der Waals surface area (Å²) in [5.74, 6) is 0. The van der Waals surface area contributed by atoms with Crippen LogP contribution in [0.4, 0.5) is 8.78 Å². The van der Waals surface area contributed by atoms with Crippen LogP contribution in [0.2, 0.25) is 0 Å². The summed E-state index contributed by atoms with van der Waals surface area (Å²) in [5.41, 5.74) is 0.923. The predicted molar refractivity (Wildman–Crippen MR) is 76.4 cm³/mol. The summed E-state index contributed by atoms with van der Waals surface area (Å²) < 4.78 is 51.5. The Balaban J connectivity index is 3.12. The van der Waals surface area contributed by atoms with Crippen molar-refractivity contribution in [3.05, 3.63) is 34.9 Å². The molecular weight excluding hydrogens is 284 g/mol. The summed E-state index contributed by atoms with van der Waals surface area (Å²) in [7, 11) is -3.53. The van der Waals surface area contributed by atoms with Crippen LogP contribution in [0.25, 0.3) is 0 Å². The summed E-state index contributed by atoms with van der Waals surface area (Å²) in [5, 5.41) is 0. The lowest BCUT2D eigenvalue weighted by Crippen LogP contribution is -2.40. The lowest BCUT2D eigenvalue weighted by Gasteiger charge is -2.24. The van der Waals surface area contributed by atoms with E-state index in [4.69, 9.17) is 0 Å². The molecule has 1 atom stereocenters. The maximum Gasteiger partial charge on any atom is 0.264 e. The molecule has 0 unspecified atom stereocenters. The quantitative estimate of drug-likeness (QED) is 0.921. The van der Waals surface area contributed by atoms with Crippen molar-refractivity contribution in [2.45, 2.75) is 51.8 Å². The Morgan fingerprint density at radius 3 is 2.10 bits per heavy atom. The molecule has 20 heavy (non-hydrogen) atoms. The number of alkyl halides is 2. The Bertz CT molecular complexity index is 577. The van der Waals surface area contributed by atoms with E-state index < -0.39 is 27.2 Å². The second-order valence-electron chi connectivity index (χ2n) is 5.82. The SMILES string of the molecule is Cc1c(C(F)F)cccc1[C@@H](C)NS(=O)(=O)C(C)(C)C. The Hall–Kier alpha value is -1.01. The van der Waals surface area contributed by atoms with Crippen LogP contribution in [0.1, 0.15) is 56.9 Å². The Morgan fingerprint density at radius 2 is 1.65 bits per heavy atom. The molecule has 0 amide bonds. The van der Waals surface area contributed by atoms with E-state index in [1.54, 1.807) is 40.7 Å². The van der Waals surface area contributed by atoms with E-state index in [0.717, 1.165) is 0 Å². The van der Waals surface area contributed by atoms with Crippen LogP contribution in [0.3, 0.4) is 0 Å². The molecule has 0 aliphatic heterocycles. The van der Waals surface area contributed by atoms with Gasteiger partial charge in [0.25, 0.3) is 6.43 Å². The molecule has 6 heteroatoms. The van der Waals surface area contributed by atoms with Crippen molar-refractivity contribution in [2.24, 2.45) is 0 Å². The van der Waals surface area contributed by atoms with E-state index in [0.29, 0.717) is 11.1 Å². The molecule has 0 saturated heterocycles. The molecule has 114 valence electrons. The van der Waals surface area contributed by atoms with Gasteiger partial charge in [-0.05, 0) is 45.7 Å². The van der Waals surface area contributed by atoms with Crippen LogP contribution >= 0.6 is 0 Å². The van der Waals surface area contributed by atoms with Crippen molar-refractivity contribution in [1.29, 1.82) is 0 Å². The molecule has 1 aromatic carbocycles. The maximum atomic E-state index is 12.9. The number of hydrogen-bond donors (Lipinski definition) is 1. The minimum absolute atomic E-state index is 0.0655. The van der Waals surface area contributed by atoms with Crippen LogP contribution in [0.5, 0.6) is 0 Å². The van der Waals surface area contributed by atoms with Crippen LogP contribution in [-0.4, -0.2) is 13.2 Å². The Labute approximate surface area is 119 Å². The van der Waals surface area contributed by atoms with Gasteiger partial charge in [0.1, 0.15) is 0 Å². The number of sulfonamides is 1. The third-order valence-electron chi connectivity index (χ3n) is 3.26. The number of hydrogen-bond acceptors (Lipinski definition) is 2. The van der Waals surface area contributed by atoms with E-state index in [2.05, 4.69) is 4.72 Å². The van der Waals surface area contributed by atoms with Crippen LogP contribution in [0, 0.1) is 6.92 Å². The molecule has 0 aliphatic carbocycles. The number of nitrogens with one attached hydrogen (secondary N) is 1. The van der Waals surface area contributed by atoms with Crippen molar-refractivity contribution >= 4 is 10.0 Å². The van der Waals surface area contributed by atoms with Gasteiger partial charge in [-0.2, -0.15) is 0 Å². The van der Waals surface area contributed by atoms with Crippen LogP contribution < -0.4 is 4.72 Å². The van der Waals surface area contributed by atoms with Gasteiger partial charge in [0.2, 0.25) is 10.0 Å². The fourth-order valence-corrected chi connectivity index (χ4v) is 2.80. The molecule has 0 saturated carbocycles. The van der Waals surface area contributed by atoms with E-state index in [-0.39, 0.29) is 5.56 Å². The highest BCUT2D eigenvalue weighted by Gasteiger charge is 2.31. The van der Waals surface area contributed by atoms with Gasteiger partial charge in [-0.25, -0.2) is 21.9 Å². The highest BCUT2D eigenvalue weighted by Crippen LogP contribution is 2.29. The van der Waals surface area contributed by atoms with Crippen molar-refractivity contribution < 1.29 is 17.2 Å². The van der Waals surface area contributed by atoms with Gasteiger partial charge in [0.15, 0.2) is 0 Å². The van der Waals surface area contributed by atoms with Crippen LogP contribution in [0.15, 0.2) is 18.2 Å². The zero-order valence-corrected chi connectivity index (χ0v) is 13.2. The lowest BCUT2D eigenvalue weighted by atomic mass is 9.98. The largest absolute Gasteiger partial charge is 0.264 e. The van der Waals surface area contributed by atoms with Gasteiger partial charge >= 0.3 is 0 Å². The van der Waals surface area contributed by atoms with Crippen molar-refractivity contribution in [1.82, 2.24) is 4.72 Å². The molecule has 0 fully saturated rings. The fourth-order valence-electron chi connectivity index (χ4n) is 1.85. The first-order chi connectivity index (χ1) is 8.97. The normalized spacial score (nSPS) is 14.6. The standard InChI is InChI=1S/C14H21F2NO2S/c1-9-11(7-6-8-12(9)13(15)16)10(2)17-20(18,19)14(3,4)5/h6-8,10,13,17H,1-5H3/t10-/m1/s1. The molecule has 3 nitrogen and oxygen atoms in total. The molecule has 1 N–H and O–H groups in total. The topological polar surface area (TPSA) is 46.2 Å². The van der Waals surface area contributed by atoms with Gasteiger partial charge in [-0.3, -0.25) is 0 Å². The third-order valence-corrected chi connectivity index (χ3v) is 5.53. The molecule has 0 heterocycles. The van der Waals surface area contributed by atoms with Crippen molar-refractivity contribution in [3.63, 3.8) is 0 Å². The van der Waals surface area contributed by atoms with Gasteiger partial charge < -0.3 is 0 Å². The molecule has 0 radical (unpaired) electrons. The predicted octanol–water partition coefficient (Wildman–Crippen LogP) is 3.71. The fraction of sp³-hybridized carbons (Fsp3) is 0.571.